The van der Waals surface area contributed by atoms with E-state index in [1.807, 2.05) is 45.9 Å². The number of hydrogen-bond donors (Lipinski definition) is 0. The minimum absolute atomic E-state index is 0.243. The van der Waals surface area contributed by atoms with Crippen molar-refractivity contribution in [3.63, 3.8) is 0 Å². The summed E-state index contributed by atoms with van der Waals surface area (Å²) in [5, 5.41) is 0. The molecule has 1 aliphatic carbocycles. The molecule has 0 aromatic heterocycles. The first-order chi connectivity index (χ1) is 12.2. The Bertz CT molecular complexity index is 721. The Morgan fingerprint density at radius 2 is 1.65 bits per heavy atom. The maximum absolute atomic E-state index is 14.8. The average molecular weight is 360 g/mol. The van der Waals surface area contributed by atoms with E-state index in [0.29, 0.717) is 30.7 Å². The van der Waals surface area contributed by atoms with E-state index in [4.69, 9.17) is 18.8 Å². The van der Waals surface area contributed by atoms with Crippen LogP contribution in [0.5, 0.6) is 0 Å². The first-order valence-corrected chi connectivity index (χ1v) is 9.34. The molecule has 0 amide bonds. The van der Waals surface area contributed by atoms with E-state index in [9.17, 15) is 4.39 Å². The lowest BCUT2D eigenvalue weighted by Crippen LogP contribution is -2.41. The number of allylic oxidation sites excluding steroid dienone is 1. The van der Waals surface area contributed by atoms with Crippen LogP contribution in [0.15, 0.2) is 24.3 Å². The van der Waals surface area contributed by atoms with Gasteiger partial charge >= 0.3 is 7.12 Å². The van der Waals surface area contributed by atoms with Gasteiger partial charge in [-0.15, -0.1) is 0 Å². The summed E-state index contributed by atoms with van der Waals surface area (Å²) in [5.74, 6) is -0.726. The van der Waals surface area contributed by atoms with Crippen molar-refractivity contribution in [3.8, 4) is 0 Å². The Balaban J connectivity index is 1.53. The van der Waals surface area contributed by atoms with Gasteiger partial charge in [0.15, 0.2) is 5.79 Å². The molecule has 6 heteroatoms. The van der Waals surface area contributed by atoms with Gasteiger partial charge in [0.25, 0.3) is 0 Å². The molecular formula is C20H26BFO4. The van der Waals surface area contributed by atoms with E-state index < -0.39 is 24.1 Å². The number of rotatable bonds is 2. The maximum Gasteiger partial charge on any atom is 0.494 e. The summed E-state index contributed by atoms with van der Waals surface area (Å²) >= 11 is 0. The Hall–Kier alpha value is -1.21. The van der Waals surface area contributed by atoms with Crippen LogP contribution in [-0.2, 0) is 18.8 Å². The molecule has 2 saturated heterocycles. The summed E-state index contributed by atoms with van der Waals surface area (Å²) in [6.45, 7) is 9.25. The van der Waals surface area contributed by atoms with Crippen molar-refractivity contribution in [2.24, 2.45) is 0 Å². The lowest BCUT2D eigenvalue weighted by atomic mass is 9.78. The third kappa shape index (κ3) is 3.03. The van der Waals surface area contributed by atoms with Crippen LogP contribution in [0.25, 0.3) is 5.57 Å². The van der Waals surface area contributed by atoms with E-state index in [1.54, 1.807) is 0 Å². The molecule has 140 valence electrons. The molecule has 0 atom stereocenters. The minimum Gasteiger partial charge on any atom is -0.399 e. The van der Waals surface area contributed by atoms with E-state index in [1.165, 1.54) is 6.07 Å². The predicted octanol–water partition coefficient (Wildman–Crippen LogP) is 3.44. The number of benzene rings is 1. The summed E-state index contributed by atoms with van der Waals surface area (Å²) in [5.41, 5.74) is 1.48. The van der Waals surface area contributed by atoms with Crippen molar-refractivity contribution < 1.29 is 23.2 Å². The van der Waals surface area contributed by atoms with Crippen molar-refractivity contribution in [2.75, 3.05) is 13.2 Å². The van der Waals surface area contributed by atoms with Crippen molar-refractivity contribution >= 4 is 18.2 Å². The van der Waals surface area contributed by atoms with Crippen molar-refractivity contribution in [1.29, 1.82) is 0 Å². The fraction of sp³-hybridized carbons (Fsp3) is 0.600. The standard InChI is InChI=1S/C20H26BFO4/c1-18(2)19(3,4)26-21(25-18)15-5-6-16(17(22)13-15)14-7-9-20(10-8-14)23-11-12-24-20/h5-7,13H,8-12H2,1-4H3. The average Bonchev–Trinajstić information content (AvgIpc) is 3.11. The van der Waals surface area contributed by atoms with Gasteiger partial charge in [0.2, 0.25) is 0 Å². The highest BCUT2D eigenvalue weighted by Gasteiger charge is 2.51. The summed E-state index contributed by atoms with van der Waals surface area (Å²) in [6.07, 6.45) is 4.21. The monoisotopic (exact) mass is 360 g/mol. The molecule has 2 heterocycles. The van der Waals surface area contributed by atoms with E-state index in [2.05, 4.69) is 0 Å². The Kier molecular flexibility index (Phi) is 4.31. The molecule has 0 N–H and O–H groups in total. The molecule has 2 aliphatic heterocycles. The van der Waals surface area contributed by atoms with Gasteiger partial charge < -0.3 is 18.8 Å². The van der Waals surface area contributed by atoms with Crippen LogP contribution in [0.3, 0.4) is 0 Å². The SMILES string of the molecule is CC1(C)OB(c2ccc(C3=CCC4(CC3)OCCO4)c(F)c2)OC1(C)C. The van der Waals surface area contributed by atoms with Gasteiger partial charge in [-0.3, -0.25) is 0 Å². The molecule has 0 saturated carbocycles. The smallest absolute Gasteiger partial charge is 0.399 e. The van der Waals surface area contributed by atoms with Crippen molar-refractivity contribution in [1.82, 2.24) is 0 Å². The maximum atomic E-state index is 14.8. The van der Waals surface area contributed by atoms with Crippen molar-refractivity contribution in [2.45, 2.75) is 63.9 Å². The van der Waals surface area contributed by atoms with E-state index in [0.717, 1.165) is 18.4 Å². The summed E-state index contributed by atoms with van der Waals surface area (Å²) in [7, 11) is -0.549. The van der Waals surface area contributed by atoms with E-state index in [-0.39, 0.29) is 5.82 Å². The highest BCUT2D eigenvalue weighted by molar-refractivity contribution is 6.62. The third-order valence-corrected chi connectivity index (χ3v) is 6.11. The third-order valence-electron chi connectivity index (χ3n) is 6.11. The number of ether oxygens (including phenoxy) is 2. The van der Waals surface area contributed by atoms with Crippen LogP contribution in [0.4, 0.5) is 4.39 Å². The first kappa shape index (κ1) is 18.2. The first-order valence-electron chi connectivity index (χ1n) is 9.34. The summed E-state index contributed by atoms with van der Waals surface area (Å²) in [4.78, 5) is 0. The zero-order valence-corrected chi connectivity index (χ0v) is 15.9. The quantitative estimate of drug-likeness (QED) is 0.758. The van der Waals surface area contributed by atoms with Gasteiger partial charge in [0.1, 0.15) is 5.82 Å². The Morgan fingerprint density at radius 3 is 2.19 bits per heavy atom. The molecule has 0 bridgehead atoms. The summed E-state index contributed by atoms with van der Waals surface area (Å²) in [6, 6.07) is 5.26. The van der Waals surface area contributed by atoms with Crippen LogP contribution in [-0.4, -0.2) is 37.3 Å². The molecule has 4 rings (SSSR count). The Labute approximate surface area is 154 Å². The molecule has 1 aromatic carbocycles. The molecule has 0 radical (unpaired) electrons. The highest BCUT2D eigenvalue weighted by atomic mass is 19.1. The molecule has 1 spiro atoms. The van der Waals surface area contributed by atoms with Crippen LogP contribution in [0.2, 0.25) is 0 Å². The number of halogens is 1. The molecule has 2 fully saturated rings. The molecule has 0 unspecified atom stereocenters. The molecule has 1 aromatic rings. The second-order valence-corrected chi connectivity index (χ2v) is 8.37. The van der Waals surface area contributed by atoms with Crippen LogP contribution < -0.4 is 5.46 Å². The van der Waals surface area contributed by atoms with Gasteiger partial charge in [-0.25, -0.2) is 4.39 Å². The largest absolute Gasteiger partial charge is 0.494 e. The lowest BCUT2D eigenvalue weighted by Gasteiger charge is -2.32. The zero-order chi connectivity index (χ0) is 18.6. The fourth-order valence-electron chi connectivity index (χ4n) is 3.73. The number of hydrogen-bond acceptors (Lipinski definition) is 4. The minimum atomic E-state index is -0.549. The lowest BCUT2D eigenvalue weighted by molar-refractivity contribution is -0.159. The second kappa shape index (κ2) is 6.16. The van der Waals surface area contributed by atoms with Gasteiger partial charge in [-0.05, 0) is 51.2 Å². The van der Waals surface area contributed by atoms with Gasteiger partial charge in [0.05, 0.1) is 24.4 Å². The molecular weight excluding hydrogens is 334 g/mol. The van der Waals surface area contributed by atoms with Crippen LogP contribution in [0.1, 0.15) is 52.5 Å². The van der Waals surface area contributed by atoms with Crippen LogP contribution >= 0.6 is 0 Å². The second-order valence-electron chi connectivity index (χ2n) is 8.37. The molecule has 4 nitrogen and oxygen atoms in total. The van der Waals surface area contributed by atoms with Gasteiger partial charge in [0, 0.05) is 18.4 Å². The fourth-order valence-corrected chi connectivity index (χ4v) is 3.73. The topological polar surface area (TPSA) is 36.9 Å². The summed E-state index contributed by atoms with van der Waals surface area (Å²) < 4.78 is 38.3. The van der Waals surface area contributed by atoms with Gasteiger partial charge in [-0.1, -0.05) is 18.2 Å². The van der Waals surface area contributed by atoms with E-state index >= 15 is 0 Å². The predicted molar refractivity (Wildman–Crippen MR) is 98.6 cm³/mol. The molecule has 26 heavy (non-hydrogen) atoms. The molecule has 3 aliphatic rings. The van der Waals surface area contributed by atoms with Crippen LogP contribution in [0, 0.1) is 5.82 Å². The zero-order valence-electron chi connectivity index (χ0n) is 15.9. The van der Waals surface area contributed by atoms with Crippen molar-refractivity contribution in [3.05, 3.63) is 35.7 Å². The Morgan fingerprint density at radius 1 is 1.00 bits per heavy atom. The normalized spacial score (nSPS) is 26.3. The highest BCUT2D eigenvalue weighted by Crippen LogP contribution is 2.39. The van der Waals surface area contributed by atoms with Gasteiger partial charge in [-0.2, -0.15) is 0 Å².